The second kappa shape index (κ2) is 9.07. The second-order valence-electron chi connectivity index (χ2n) is 8.19. The third-order valence-corrected chi connectivity index (χ3v) is 6.07. The number of benzene rings is 1. The van der Waals surface area contributed by atoms with Crippen molar-refractivity contribution in [1.82, 2.24) is 15.5 Å². The molecule has 2 atom stereocenters. The fraction of sp³-hybridized carbons (Fsp3) is 0.619. The quantitative estimate of drug-likeness (QED) is 0.783. The van der Waals surface area contributed by atoms with E-state index < -0.39 is 0 Å². The minimum Gasteiger partial charge on any atom is -0.352 e. The van der Waals surface area contributed by atoms with Crippen molar-refractivity contribution in [1.29, 1.82) is 0 Å². The van der Waals surface area contributed by atoms with Crippen LogP contribution in [0, 0.1) is 5.92 Å². The Morgan fingerprint density at radius 1 is 1.19 bits per heavy atom. The summed E-state index contributed by atoms with van der Waals surface area (Å²) in [5.74, 6) is 0.942. The number of amides is 2. The molecule has 3 fully saturated rings. The van der Waals surface area contributed by atoms with Crippen molar-refractivity contribution < 1.29 is 9.59 Å². The molecule has 3 aliphatic heterocycles. The minimum absolute atomic E-state index is 0. The van der Waals surface area contributed by atoms with Crippen LogP contribution in [0.2, 0.25) is 0 Å². The van der Waals surface area contributed by atoms with Crippen LogP contribution in [0.25, 0.3) is 0 Å². The second-order valence-corrected chi connectivity index (χ2v) is 8.19. The maximum absolute atomic E-state index is 12.3. The van der Waals surface area contributed by atoms with Crippen molar-refractivity contribution in [3.05, 3.63) is 35.4 Å². The third kappa shape index (κ3) is 5.23. The predicted octanol–water partition coefficient (Wildman–Crippen LogP) is 2.77. The number of nitrogens with one attached hydrogen (secondary N) is 2. The highest BCUT2D eigenvalue weighted by Gasteiger charge is 2.34. The molecule has 4 rings (SSSR count). The fourth-order valence-electron chi connectivity index (χ4n) is 4.81. The Labute approximate surface area is 167 Å². The third-order valence-electron chi connectivity index (χ3n) is 6.07. The van der Waals surface area contributed by atoms with Crippen LogP contribution >= 0.6 is 12.4 Å². The molecular formula is C21H30ClN3O2. The Kier molecular flexibility index (Phi) is 6.77. The maximum Gasteiger partial charge on any atom is 0.222 e. The van der Waals surface area contributed by atoms with Gasteiger partial charge < -0.3 is 15.5 Å². The summed E-state index contributed by atoms with van der Waals surface area (Å²) >= 11 is 0. The largest absolute Gasteiger partial charge is 0.352 e. The topological polar surface area (TPSA) is 61.4 Å². The van der Waals surface area contributed by atoms with Crippen LogP contribution < -0.4 is 10.6 Å². The van der Waals surface area contributed by atoms with Crippen molar-refractivity contribution in [3.63, 3.8) is 0 Å². The van der Waals surface area contributed by atoms with Crippen LogP contribution in [0.4, 0.5) is 0 Å². The molecule has 5 nitrogen and oxygen atoms in total. The molecule has 2 N–H and O–H groups in total. The molecule has 2 bridgehead atoms. The standard InChI is InChI=1S/C21H29N3O2.ClH/c25-20(12-17-10-18-6-7-19(11-17)23-18)22-13-15-3-1-4-16(9-15)14-24-8-2-5-21(24)26;/h1,3-4,9,17-19,23H,2,5-8,10-14H2,(H,22,25);1H. The van der Waals surface area contributed by atoms with E-state index in [1.165, 1.54) is 12.8 Å². The van der Waals surface area contributed by atoms with Gasteiger partial charge in [0.2, 0.25) is 11.8 Å². The Morgan fingerprint density at radius 2 is 1.93 bits per heavy atom. The summed E-state index contributed by atoms with van der Waals surface area (Å²) in [4.78, 5) is 26.0. The highest BCUT2D eigenvalue weighted by Crippen LogP contribution is 2.32. The van der Waals surface area contributed by atoms with Gasteiger partial charge in [0.05, 0.1) is 0 Å². The first-order chi connectivity index (χ1) is 12.7. The average Bonchev–Trinajstić information content (AvgIpc) is 3.18. The van der Waals surface area contributed by atoms with E-state index in [1.807, 2.05) is 17.0 Å². The van der Waals surface area contributed by atoms with Crippen molar-refractivity contribution in [2.45, 2.75) is 70.1 Å². The predicted molar refractivity (Wildman–Crippen MR) is 107 cm³/mol. The number of hydrogen-bond donors (Lipinski definition) is 2. The molecular weight excluding hydrogens is 362 g/mol. The van der Waals surface area contributed by atoms with E-state index in [1.54, 1.807) is 0 Å². The summed E-state index contributed by atoms with van der Waals surface area (Å²) in [6.07, 6.45) is 7.12. The van der Waals surface area contributed by atoms with Crippen LogP contribution in [-0.2, 0) is 22.7 Å². The fourth-order valence-corrected chi connectivity index (χ4v) is 4.81. The van der Waals surface area contributed by atoms with Crippen molar-refractivity contribution in [3.8, 4) is 0 Å². The first kappa shape index (κ1) is 20.2. The molecule has 0 aromatic heterocycles. The molecule has 3 saturated heterocycles. The van der Waals surface area contributed by atoms with E-state index in [4.69, 9.17) is 0 Å². The van der Waals surface area contributed by atoms with E-state index in [2.05, 4.69) is 22.8 Å². The lowest BCUT2D eigenvalue weighted by atomic mass is 9.89. The molecule has 3 heterocycles. The van der Waals surface area contributed by atoms with Crippen LogP contribution in [0.1, 0.15) is 56.1 Å². The van der Waals surface area contributed by atoms with Gasteiger partial charge in [0.25, 0.3) is 0 Å². The lowest BCUT2D eigenvalue weighted by Crippen LogP contribution is -2.39. The van der Waals surface area contributed by atoms with E-state index in [9.17, 15) is 9.59 Å². The first-order valence-corrected chi connectivity index (χ1v) is 10.0. The average molecular weight is 392 g/mol. The van der Waals surface area contributed by atoms with Crippen LogP contribution in [0.15, 0.2) is 24.3 Å². The van der Waals surface area contributed by atoms with Gasteiger partial charge in [-0.25, -0.2) is 0 Å². The lowest BCUT2D eigenvalue weighted by Gasteiger charge is -2.28. The molecule has 6 heteroatoms. The molecule has 0 aliphatic carbocycles. The molecule has 0 spiro atoms. The highest BCUT2D eigenvalue weighted by molar-refractivity contribution is 5.85. The molecule has 27 heavy (non-hydrogen) atoms. The van der Waals surface area contributed by atoms with Crippen LogP contribution in [-0.4, -0.2) is 35.3 Å². The number of fused-ring (bicyclic) bond motifs is 2. The molecule has 0 radical (unpaired) electrons. The zero-order valence-corrected chi connectivity index (χ0v) is 16.6. The Hall–Kier alpha value is -1.59. The summed E-state index contributed by atoms with van der Waals surface area (Å²) in [7, 11) is 0. The molecule has 3 aliphatic rings. The monoisotopic (exact) mass is 391 g/mol. The summed E-state index contributed by atoms with van der Waals surface area (Å²) in [5.41, 5.74) is 2.25. The van der Waals surface area contributed by atoms with Gasteiger partial charge >= 0.3 is 0 Å². The number of likely N-dealkylation sites (tertiary alicyclic amines) is 1. The Bertz CT molecular complexity index is 669. The number of piperidine rings is 1. The summed E-state index contributed by atoms with van der Waals surface area (Å²) in [5, 5.41) is 6.72. The van der Waals surface area contributed by atoms with E-state index in [-0.39, 0.29) is 24.2 Å². The first-order valence-electron chi connectivity index (χ1n) is 10.0. The van der Waals surface area contributed by atoms with Gasteiger partial charge in [0.15, 0.2) is 0 Å². The van der Waals surface area contributed by atoms with E-state index >= 15 is 0 Å². The van der Waals surface area contributed by atoms with Gasteiger partial charge in [-0.1, -0.05) is 24.3 Å². The number of carbonyl (C=O) groups excluding carboxylic acids is 2. The molecule has 2 unspecified atom stereocenters. The van der Waals surface area contributed by atoms with E-state index in [0.29, 0.717) is 43.9 Å². The van der Waals surface area contributed by atoms with Gasteiger partial charge in [0, 0.05) is 44.6 Å². The van der Waals surface area contributed by atoms with Gasteiger partial charge in [-0.3, -0.25) is 9.59 Å². The van der Waals surface area contributed by atoms with Gasteiger partial charge in [-0.15, -0.1) is 12.4 Å². The van der Waals surface area contributed by atoms with Crippen LogP contribution in [0.5, 0.6) is 0 Å². The minimum atomic E-state index is 0. The zero-order valence-electron chi connectivity index (χ0n) is 15.8. The van der Waals surface area contributed by atoms with Crippen molar-refractivity contribution in [2.75, 3.05) is 6.54 Å². The Balaban J connectivity index is 0.00000210. The van der Waals surface area contributed by atoms with Crippen LogP contribution in [0.3, 0.4) is 0 Å². The molecule has 2 amide bonds. The molecule has 1 aromatic rings. The highest BCUT2D eigenvalue weighted by atomic mass is 35.5. The normalized spacial score (nSPS) is 26.7. The Morgan fingerprint density at radius 3 is 2.63 bits per heavy atom. The summed E-state index contributed by atoms with van der Waals surface area (Å²) < 4.78 is 0. The number of rotatable bonds is 6. The van der Waals surface area contributed by atoms with Gasteiger partial charge in [0.1, 0.15) is 0 Å². The number of carbonyl (C=O) groups is 2. The smallest absolute Gasteiger partial charge is 0.222 e. The summed E-state index contributed by atoms with van der Waals surface area (Å²) in [6, 6.07) is 9.49. The number of halogens is 1. The maximum atomic E-state index is 12.3. The van der Waals surface area contributed by atoms with E-state index in [0.717, 1.165) is 36.9 Å². The molecule has 0 saturated carbocycles. The van der Waals surface area contributed by atoms with Crippen molar-refractivity contribution in [2.24, 2.45) is 5.92 Å². The van der Waals surface area contributed by atoms with Crippen molar-refractivity contribution >= 4 is 24.2 Å². The lowest BCUT2D eigenvalue weighted by molar-refractivity contribution is -0.128. The molecule has 148 valence electrons. The van der Waals surface area contributed by atoms with Gasteiger partial charge in [-0.2, -0.15) is 0 Å². The SMILES string of the molecule is Cl.O=C(CC1CC2CCC(C1)N2)NCc1cccc(CN2CCCC2=O)c1. The number of nitrogens with zero attached hydrogens (tertiary/aromatic N) is 1. The number of hydrogen-bond acceptors (Lipinski definition) is 3. The van der Waals surface area contributed by atoms with Gasteiger partial charge in [-0.05, 0) is 49.1 Å². The summed E-state index contributed by atoms with van der Waals surface area (Å²) in [6.45, 7) is 2.11. The zero-order chi connectivity index (χ0) is 17.9. The molecule has 1 aromatic carbocycles.